The van der Waals surface area contributed by atoms with Crippen LogP contribution < -0.4 is 0 Å². The van der Waals surface area contributed by atoms with E-state index in [0.717, 1.165) is 49.6 Å². The van der Waals surface area contributed by atoms with E-state index < -0.39 is 6.10 Å². The van der Waals surface area contributed by atoms with Crippen molar-refractivity contribution in [1.29, 1.82) is 0 Å². The van der Waals surface area contributed by atoms with Gasteiger partial charge in [0.05, 0.1) is 0 Å². The number of pyridine rings is 1. The summed E-state index contributed by atoms with van der Waals surface area (Å²) in [4.78, 5) is 19.9. The first kappa shape index (κ1) is 17.8. The second kappa shape index (κ2) is 7.94. The molecule has 1 atom stereocenters. The van der Waals surface area contributed by atoms with Crippen LogP contribution in [0.25, 0.3) is 11.5 Å². The number of nitrogens with zero attached hydrogens (tertiary/aromatic N) is 6. The smallest absolute Gasteiger partial charge is 0.178 e. The number of rotatable bonds is 5. The number of aliphatic hydroxyl groups is 1. The Balaban J connectivity index is 1.32. The fourth-order valence-electron chi connectivity index (χ4n) is 3.62. The third-order valence-electron chi connectivity index (χ3n) is 5.21. The Bertz CT molecular complexity index is 856. The summed E-state index contributed by atoms with van der Waals surface area (Å²) in [5.74, 6) is 1.66. The molecule has 140 valence electrons. The minimum absolute atomic E-state index is 0.255. The van der Waals surface area contributed by atoms with Crippen LogP contribution in [0.3, 0.4) is 0 Å². The molecule has 4 heterocycles. The van der Waals surface area contributed by atoms with Gasteiger partial charge >= 0.3 is 0 Å². The normalized spacial score (nSPS) is 17.1. The first-order valence-electron chi connectivity index (χ1n) is 9.30. The van der Waals surface area contributed by atoms with Crippen molar-refractivity contribution in [3.05, 3.63) is 60.6 Å². The highest BCUT2D eigenvalue weighted by atomic mass is 16.3. The van der Waals surface area contributed by atoms with Crippen LogP contribution in [0.2, 0.25) is 0 Å². The zero-order chi connectivity index (χ0) is 18.6. The van der Waals surface area contributed by atoms with E-state index in [9.17, 15) is 5.11 Å². The molecular weight excluding hydrogens is 340 g/mol. The first-order valence-corrected chi connectivity index (χ1v) is 9.30. The average molecular weight is 364 g/mol. The molecule has 27 heavy (non-hydrogen) atoms. The highest BCUT2D eigenvalue weighted by Gasteiger charge is 2.28. The second-order valence-electron chi connectivity index (χ2n) is 7.08. The molecule has 7 nitrogen and oxygen atoms in total. The lowest BCUT2D eigenvalue weighted by Crippen LogP contribution is -2.35. The van der Waals surface area contributed by atoms with Crippen molar-refractivity contribution in [1.82, 2.24) is 29.4 Å². The van der Waals surface area contributed by atoms with Crippen molar-refractivity contribution >= 4 is 0 Å². The molecular formula is C20H24N6O. The van der Waals surface area contributed by atoms with Gasteiger partial charge in [0, 0.05) is 50.1 Å². The summed E-state index contributed by atoms with van der Waals surface area (Å²) >= 11 is 0. The molecule has 1 N–H and O–H groups in total. The molecule has 3 aromatic rings. The van der Waals surface area contributed by atoms with Gasteiger partial charge < -0.3 is 9.67 Å². The lowest BCUT2D eigenvalue weighted by molar-refractivity contribution is 0.0491. The van der Waals surface area contributed by atoms with Crippen molar-refractivity contribution in [2.75, 3.05) is 13.1 Å². The molecule has 1 aliphatic rings. The molecule has 0 aromatic carbocycles. The van der Waals surface area contributed by atoms with Gasteiger partial charge in [0.25, 0.3) is 0 Å². The Hall–Kier alpha value is -2.64. The summed E-state index contributed by atoms with van der Waals surface area (Å²) in [5, 5.41) is 10.6. The summed E-state index contributed by atoms with van der Waals surface area (Å²) in [5.41, 5.74) is 1.88. The standard InChI is InChI=1S/C20H24N6O/c1-25-11-8-22-20(25)18(27)16-5-9-26(10-6-16)14-15-12-23-19(24-13-15)17-4-2-3-7-21-17/h2-4,7-8,11-13,16,18,27H,5-6,9-10,14H2,1H3. The number of likely N-dealkylation sites (tertiary alicyclic amines) is 1. The largest absolute Gasteiger partial charge is 0.385 e. The Morgan fingerprint density at radius 2 is 1.85 bits per heavy atom. The van der Waals surface area contributed by atoms with Crippen molar-refractivity contribution in [3.8, 4) is 11.5 Å². The molecule has 1 saturated heterocycles. The van der Waals surface area contributed by atoms with Crippen molar-refractivity contribution in [3.63, 3.8) is 0 Å². The van der Waals surface area contributed by atoms with Gasteiger partial charge in [0.1, 0.15) is 17.6 Å². The maximum absolute atomic E-state index is 10.6. The first-order chi connectivity index (χ1) is 13.2. The van der Waals surface area contributed by atoms with E-state index in [1.807, 2.05) is 48.4 Å². The highest BCUT2D eigenvalue weighted by molar-refractivity contribution is 5.47. The van der Waals surface area contributed by atoms with Gasteiger partial charge in [0.15, 0.2) is 5.82 Å². The molecule has 7 heteroatoms. The summed E-state index contributed by atoms with van der Waals surface area (Å²) in [6, 6.07) is 5.72. The van der Waals surface area contributed by atoms with E-state index in [4.69, 9.17) is 0 Å². The van der Waals surface area contributed by atoms with Crippen LogP contribution >= 0.6 is 0 Å². The molecule has 3 aromatic heterocycles. The zero-order valence-corrected chi connectivity index (χ0v) is 15.4. The maximum atomic E-state index is 10.6. The fourth-order valence-corrected chi connectivity index (χ4v) is 3.62. The van der Waals surface area contributed by atoms with Crippen LogP contribution in [0.15, 0.2) is 49.2 Å². The number of imidazole rings is 1. The average Bonchev–Trinajstić information content (AvgIpc) is 3.15. The van der Waals surface area contributed by atoms with E-state index in [1.165, 1.54) is 0 Å². The number of hydrogen-bond donors (Lipinski definition) is 1. The Morgan fingerprint density at radius 1 is 1.07 bits per heavy atom. The predicted molar refractivity (Wildman–Crippen MR) is 101 cm³/mol. The van der Waals surface area contributed by atoms with Crippen LogP contribution in [0.5, 0.6) is 0 Å². The molecule has 4 rings (SSSR count). The van der Waals surface area contributed by atoms with Crippen molar-refractivity contribution in [2.24, 2.45) is 13.0 Å². The Morgan fingerprint density at radius 3 is 2.48 bits per heavy atom. The molecule has 0 amide bonds. The number of hydrogen-bond acceptors (Lipinski definition) is 6. The summed E-state index contributed by atoms with van der Waals surface area (Å²) < 4.78 is 1.90. The molecule has 0 spiro atoms. The third-order valence-corrected chi connectivity index (χ3v) is 5.21. The minimum Gasteiger partial charge on any atom is -0.385 e. The van der Waals surface area contributed by atoms with Gasteiger partial charge in [-0.15, -0.1) is 0 Å². The second-order valence-corrected chi connectivity index (χ2v) is 7.08. The molecule has 0 bridgehead atoms. The fraction of sp³-hybridized carbons (Fsp3) is 0.400. The van der Waals surface area contributed by atoms with Crippen LogP contribution in [-0.2, 0) is 13.6 Å². The van der Waals surface area contributed by atoms with Gasteiger partial charge in [-0.2, -0.15) is 0 Å². The molecule has 1 aliphatic heterocycles. The maximum Gasteiger partial charge on any atom is 0.178 e. The van der Waals surface area contributed by atoms with Crippen LogP contribution in [0, 0.1) is 5.92 Å². The van der Waals surface area contributed by atoms with Gasteiger partial charge in [-0.05, 0) is 44.0 Å². The summed E-state index contributed by atoms with van der Waals surface area (Å²) in [6.45, 7) is 2.73. The number of aryl methyl sites for hydroxylation is 1. The molecule has 0 saturated carbocycles. The zero-order valence-electron chi connectivity index (χ0n) is 15.4. The Labute approximate surface area is 158 Å². The monoisotopic (exact) mass is 364 g/mol. The highest BCUT2D eigenvalue weighted by Crippen LogP contribution is 2.30. The van der Waals surface area contributed by atoms with Crippen molar-refractivity contribution < 1.29 is 5.11 Å². The SMILES string of the molecule is Cn1ccnc1C(O)C1CCN(Cc2cnc(-c3ccccn3)nc2)CC1. The van der Waals surface area contributed by atoms with Crippen LogP contribution in [0.4, 0.5) is 0 Å². The van der Waals surface area contributed by atoms with E-state index in [1.54, 1.807) is 12.4 Å². The van der Waals surface area contributed by atoms with E-state index >= 15 is 0 Å². The lowest BCUT2D eigenvalue weighted by Gasteiger charge is -2.33. The summed E-state index contributed by atoms with van der Waals surface area (Å²) in [6.07, 6.45) is 10.5. The summed E-state index contributed by atoms with van der Waals surface area (Å²) in [7, 11) is 1.93. The molecule has 1 fully saturated rings. The van der Waals surface area contributed by atoms with E-state index in [-0.39, 0.29) is 5.92 Å². The Kier molecular flexibility index (Phi) is 5.22. The van der Waals surface area contributed by atoms with Gasteiger partial charge in [-0.1, -0.05) is 6.07 Å². The minimum atomic E-state index is -0.492. The van der Waals surface area contributed by atoms with E-state index in [2.05, 4.69) is 24.8 Å². The van der Waals surface area contributed by atoms with Crippen LogP contribution in [-0.4, -0.2) is 47.6 Å². The number of aliphatic hydroxyl groups excluding tert-OH is 1. The lowest BCUT2D eigenvalue weighted by atomic mass is 9.90. The number of piperidine rings is 1. The molecule has 1 unspecified atom stereocenters. The van der Waals surface area contributed by atoms with Gasteiger partial charge in [-0.25, -0.2) is 15.0 Å². The van der Waals surface area contributed by atoms with E-state index in [0.29, 0.717) is 5.82 Å². The van der Waals surface area contributed by atoms with Crippen molar-refractivity contribution in [2.45, 2.75) is 25.5 Å². The topological polar surface area (TPSA) is 80.0 Å². The number of aromatic nitrogens is 5. The predicted octanol–water partition coefficient (Wildman–Crippen LogP) is 2.22. The molecule has 0 radical (unpaired) electrons. The van der Waals surface area contributed by atoms with Gasteiger partial charge in [0.2, 0.25) is 0 Å². The van der Waals surface area contributed by atoms with Crippen LogP contribution in [0.1, 0.15) is 30.3 Å². The van der Waals surface area contributed by atoms with Gasteiger partial charge in [-0.3, -0.25) is 9.88 Å². The molecule has 0 aliphatic carbocycles. The third kappa shape index (κ3) is 4.04. The quantitative estimate of drug-likeness (QED) is 0.748.